The Balaban J connectivity index is 1.29. The summed E-state index contributed by atoms with van der Waals surface area (Å²) in [6.45, 7) is 2.36. The van der Waals surface area contributed by atoms with Crippen molar-refractivity contribution in [3.63, 3.8) is 0 Å². The number of phenolic OH excluding ortho intramolecular Hbond substituents is 1. The minimum absolute atomic E-state index is 0.0215. The number of allylic oxidation sites excluding steroid dienone is 1. The molecule has 0 unspecified atom stereocenters. The van der Waals surface area contributed by atoms with Gasteiger partial charge in [-0.2, -0.15) is 0 Å². The van der Waals surface area contributed by atoms with Gasteiger partial charge in [0.2, 0.25) is 11.8 Å². The van der Waals surface area contributed by atoms with E-state index in [0.29, 0.717) is 41.5 Å². The molecule has 2 aromatic rings. The predicted octanol–water partition coefficient (Wildman–Crippen LogP) is 6.40. The van der Waals surface area contributed by atoms with Crippen molar-refractivity contribution in [2.24, 2.45) is 17.8 Å². The van der Waals surface area contributed by atoms with Crippen molar-refractivity contribution in [2.45, 2.75) is 76.8 Å². The van der Waals surface area contributed by atoms with Gasteiger partial charge in [0, 0.05) is 6.04 Å². The number of carbonyl (C=O) groups is 2. The number of methoxy groups -OCH3 is 1. The van der Waals surface area contributed by atoms with Crippen LogP contribution in [0.4, 0.5) is 0 Å². The van der Waals surface area contributed by atoms with Gasteiger partial charge < -0.3 is 24.3 Å². The van der Waals surface area contributed by atoms with Crippen LogP contribution in [0.3, 0.4) is 0 Å². The molecule has 2 saturated heterocycles. The molecule has 2 aliphatic carbocycles. The number of benzene rings is 2. The highest BCUT2D eigenvalue weighted by Gasteiger charge is 2.58. The van der Waals surface area contributed by atoms with Gasteiger partial charge in [0.1, 0.15) is 12.4 Å². The molecule has 0 spiro atoms. The van der Waals surface area contributed by atoms with Gasteiger partial charge in [-0.25, -0.2) is 0 Å². The number of fused-ring (bicyclic) bond motifs is 3. The number of amides is 2. The third-order valence-corrected chi connectivity index (χ3v) is 10.7. The lowest BCUT2D eigenvalue weighted by molar-refractivity contribution is -0.143. The van der Waals surface area contributed by atoms with E-state index in [4.69, 9.17) is 14.1 Å². The summed E-state index contributed by atoms with van der Waals surface area (Å²) in [6, 6.07) is 13.3. The van der Waals surface area contributed by atoms with Crippen LogP contribution in [-0.2, 0) is 14.2 Å². The number of halogens is 1. The fourth-order valence-electron chi connectivity index (χ4n) is 7.86. The van der Waals surface area contributed by atoms with Gasteiger partial charge in [0.15, 0.2) is 11.5 Å². The zero-order chi connectivity index (χ0) is 31.7. The zero-order valence-corrected chi connectivity index (χ0v) is 28.1. The Morgan fingerprint density at radius 1 is 1.11 bits per heavy atom. The first-order chi connectivity index (χ1) is 21.7. The van der Waals surface area contributed by atoms with Gasteiger partial charge >= 0.3 is 7.12 Å². The van der Waals surface area contributed by atoms with Crippen molar-refractivity contribution in [3.05, 3.63) is 68.3 Å². The third kappa shape index (κ3) is 6.69. The summed E-state index contributed by atoms with van der Waals surface area (Å²) in [6.07, 6.45) is 8.69. The molecule has 2 N–H and O–H groups in total. The molecule has 0 radical (unpaired) electrons. The fourth-order valence-corrected chi connectivity index (χ4v) is 8.48. The summed E-state index contributed by atoms with van der Waals surface area (Å²) < 4.78 is 18.5. The van der Waals surface area contributed by atoms with E-state index >= 15 is 0 Å². The van der Waals surface area contributed by atoms with Crippen molar-refractivity contribution in [1.29, 1.82) is 0 Å². The summed E-state index contributed by atoms with van der Waals surface area (Å²) in [4.78, 5) is 29.6. The lowest BCUT2D eigenvalue weighted by Crippen LogP contribution is -2.47. The van der Waals surface area contributed by atoms with E-state index < -0.39 is 25.1 Å². The van der Waals surface area contributed by atoms with Crippen molar-refractivity contribution < 1.29 is 33.8 Å². The zero-order valence-electron chi connectivity index (χ0n) is 25.9. The number of hydrogen-bond donors (Lipinski definition) is 2. The van der Waals surface area contributed by atoms with E-state index in [0.717, 1.165) is 60.1 Å². The van der Waals surface area contributed by atoms with E-state index in [2.05, 4.69) is 35.6 Å². The largest absolute Gasteiger partial charge is 0.504 e. The molecule has 6 rings (SSSR count). The highest BCUT2D eigenvalue weighted by atomic mass is 127. The van der Waals surface area contributed by atoms with Gasteiger partial charge in [0.25, 0.3) is 0 Å². The number of phenols is 1. The predicted molar refractivity (Wildman–Crippen MR) is 181 cm³/mol. The second kappa shape index (κ2) is 13.9. The van der Waals surface area contributed by atoms with Gasteiger partial charge in [-0.3, -0.25) is 14.5 Å². The van der Waals surface area contributed by atoms with Crippen molar-refractivity contribution in [3.8, 4) is 17.2 Å². The monoisotopic (exact) mass is 725 g/mol. The van der Waals surface area contributed by atoms with E-state index in [1.165, 1.54) is 7.11 Å². The van der Waals surface area contributed by atoms with Crippen LogP contribution in [0.2, 0.25) is 6.32 Å². The number of rotatable bonds is 9. The number of hydrogen-bond acceptors (Lipinski definition) is 7. The van der Waals surface area contributed by atoms with Crippen LogP contribution < -0.4 is 9.47 Å². The number of aromatic hydroxyl groups is 1. The molecule has 238 valence electrons. The maximum Gasteiger partial charge on any atom is 0.455 e. The highest BCUT2D eigenvalue weighted by molar-refractivity contribution is 14.1. The Labute approximate surface area is 279 Å². The average Bonchev–Trinajstić information content (AvgIpc) is 3.29. The van der Waals surface area contributed by atoms with E-state index in [1.807, 2.05) is 42.5 Å². The quantitative estimate of drug-likeness (QED) is 0.134. The molecule has 0 aromatic heterocycles. The molecule has 2 heterocycles. The van der Waals surface area contributed by atoms with Crippen LogP contribution >= 0.6 is 22.6 Å². The van der Waals surface area contributed by atoms with Crippen LogP contribution in [0.1, 0.15) is 63.9 Å². The lowest BCUT2D eigenvalue weighted by Gasteiger charge is -2.43. The molecule has 45 heavy (non-hydrogen) atoms. The molecular weight excluding hydrogens is 684 g/mol. The van der Waals surface area contributed by atoms with Crippen LogP contribution in [0, 0.1) is 21.3 Å². The molecule has 4 aliphatic rings. The molecule has 1 saturated carbocycles. The highest BCUT2D eigenvalue weighted by Crippen LogP contribution is 2.51. The van der Waals surface area contributed by atoms with Crippen LogP contribution in [-0.4, -0.2) is 59.8 Å². The molecule has 10 heteroatoms. The van der Waals surface area contributed by atoms with Gasteiger partial charge in [0.05, 0.1) is 28.6 Å². The Morgan fingerprint density at radius 3 is 2.60 bits per heavy atom. The molecule has 4 atom stereocenters. The average molecular weight is 725 g/mol. The minimum atomic E-state index is -1.02. The van der Waals surface area contributed by atoms with Gasteiger partial charge in [-0.1, -0.05) is 49.1 Å². The van der Waals surface area contributed by atoms with Crippen molar-refractivity contribution >= 4 is 47.6 Å². The van der Waals surface area contributed by atoms with Gasteiger partial charge in [-0.05, 0) is 115 Å². The molecule has 0 bridgehead atoms. The normalized spacial score (nSPS) is 25.8. The Morgan fingerprint density at radius 2 is 1.87 bits per heavy atom. The number of nitrogens with zero attached hydrogens (tertiary/aromatic N) is 1. The van der Waals surface area contributed by atoms with Crippen LogP contribution in [0.5, 0.6) is 17.2 Å². The summed E-state index contributed by atoms with van der Waals surface area (Å²) >= 11 is 2.09. The second-order valence-electron chi connectivity index (χ2n) is 12.8. The number of para-hydroxylation sites is 1. The standard InChI is InChI=1S/C35H41BINO7/c1-21(15-22-16-28(37)33(39)30(17-22)43-2)13-14-29-31-23(20-44-25-11-7-4-8-12-25)18-26-32(27(31)19-36(42)45-29)35(41)38(34(26)40)24-9-5-3-6-10-24/h4,7-8,11-12,15-17,24,26-27,29,32,39,42H,3,5-6,9-10,13-14,18-20H2,1-2H3/b21-15+/t26-,27+,29-,32-/m1/s1. The second-order valence-corrected chi connectivity index (χ2v) is 14.0. The smallest absolute Gasteiger partial charge is 0.455 e. The summed E-state index contributed by atoms with van der Waals surface area (Å²) in [5.74, 6) is -0.00661. The number of ether oxygens (including phenoxy) is 2. The number of imide groups is 1. The Hall–Kier alpha value is -2.83. The topological polar surface area (TPSA) is 106 Å². The molecule has 2 amide bonds. The first-order valence-corrected chi connectivity index (χ1v) is 17.2. The van der Waals surface area contributed by atoms with Crippen molar-refractivity contribution in [1.82, 2.24) is 4.90 Å². The summed E-state index contributed by atoms with van der Waals surface area (Å²) in [5, 5.41) is 21.2. The number of carbonyl (C=O) groups excluding carboxylic acids is 2. The first kappa shape index (κ1) is 32.1. The maximum atomic E-state index is 14.1. The fraction of sp³-hybridized carbons (Fsp3) is 0.486. The van der Waals surface area contributed by atoms with E-state index in [1.54, 1.807) is 4.90 Å². The lowest BCUT2D eigenvalue weighted by atomic mass is 9.58. The Bertz CT molecular complexity index is 1490. The molecule has 3 fully saturated rings. The summed E-state index contributed by atoms with van der Waals surface area (Å²) in [5.41, 5.74) is 4.06. The van der Waals surface area contributed by atoms with E-state index in [-0.39, 0.29) is 29.5 Å². The number of likely N-dealkylation sites (tertiary alicyclic amines) is 1. The first-order valence-electron chi connectivity index (χ1n) is 16.1. The van der Waals surface area contributed by atoms with Crippen molar-refractivity contribution in [2.75, 3.05) is 13.7 Å². The van der Waals surface area contributed by atoms with Crippen LogP contribution in [0.15, 0.2) is 59.2 Å². The van der Waals surface area contributed by atoms with Gasteiger partial charge in [-0.15, -0.1) is 0 Å². The van der Waals surface area contributed by atoms with E-state index in [9.17, 15) is 19.7 Å². The molecular formula is C35H41BINO7. The molecule has 2 aliphatic heterocycles. The minimum Gasteiger partial charge on any atom is -0.504 e. The molecule has 8 nitrogen and oxygen atoms in total. The third-order valence-electron chi connectivity index (χ3n) is 9.92. The summed E-state index contributed by atoms with van der Waals surface area (Å²) in [7, 11) is 0.518. The Kier molecular flexibility index (Phi) is 9.92. The molecule has 2 aromatic carbocycles. The maximum absolute atomic E-state index is 14.1. The SMILES string of the molecule is COc1cc(/C=C(\C)CC[C@H]2OB(O)C[C@H]3C2=C(COc2ccccc2)C[C@H]2C(=O)N(C4CCCCC4)C(=O)[C@H]23)cc(I)c1O. The van der Waals surface area contributed by atoms with Crippen LogP contribution in [0.25, 0.3) is 6.08 Å².